The molecular weight excluding hydrogens is 318 g/mol. The summed E-state index contributed by atoms with van der Waals surface area (Å²) in [5, 5.41) is 20.8. The number of allylic oxidation sites excluding steroid dienone is 1. The monoisotopic (exact) mass is 346 g/mol. The number of fused-ring (bicyclic) bond motifs is 2. The van der Waals surface area contributed by atoms with Gasteiger partial charge in [0.05, 0.1) is 11.2 Å². The molecule has 0 aromatic carbocycles. The van der Waals surface area contributed by atoms with Crippen LogP contribution in [0.15, 0.2) is 35.1 Å². The predicted molar refractivity (Wildman–Crippen MR) is 93.9 cm³/mol. The molecule has 0 bridgehead atoms. The first kappa shape index (κ1) is 18.1. The molecule has 0 spiro atoms. The van der Waals surface area contributed by atoms with Crippen LogP contribution in [0, 0.1) is 17.3 Å². The topological polar surface area (TPSA) is 79.0 Å². The summed E-state index contributed by atoms with van der Waals surface area (Å²) in [5.41, 5.74) is 0.590. The molecule has 25 heavy (non-hydrogen) atoms. The molecule has 0 saturated heterocycles. The zero-order chi connectivity index (χ0) is 18.7. The van der Waals surface area contributed by atoms with Gasteiger partial charge in [0.2, 0.25) is 0 Å². The summed E-state index contributed by atoms with van der Waals surface area (Å²) in [4.78, 5) is 25.5. The highest BCUT2D eigenvalue weighted by molar-refractivity contribution is 6.14. The number of quaternary nitrogens is 1. The molecule has 1 unspecified atom stereocenters. The molecule has 1 saturated carbocycles. The van der Waals surface area contributed by atoms with E-state index in [0.29, 0.717) is 23.3 Å². The molecule has 3 rings (SSSR count). The van der Waals surface area contributed by atoms with Gasteiger partial charge in [-0.1, -0.05) is 33.8 Å². The highest BCUT2D eigenvalue weighted by Gasteiger charge is 2.54. The predicted octanol–water partition coefficient (Wildman–Crippen LogP) is 1.11. The average molecular weight is 346 g/mol. The van der Waals surface area contributed by atoms with Crippen LogP contribution in [0.4, 0.5) is 0 Å². The van der Waals surface area contributed by atoms with Crippen LogP contribution < -0.4 is 4.90 Å². The summed E-state index contributed by atoms with van der Waals surface area (Å²) >= 11 is 0. The first-order valence-corrected chi connectivity index (χ1v) is 8.97. The second-order valence-corrected chi connectivity index (χ2v) is 8.84. The van der Waals surface area contributed by atoms with E-state index in [4.69, 9.17) is 0 Å². The van der Waals surface area contributed by atoms with Crippen molar-refractivity contribution < 1.29 is 24.7 Å². The molecule has 0 radical (unpaired) electrons. The Morgan fingerprint density at radius 1 is 1.32 bits per heavy atom. The third-order valence-electron chi connectivity index (χ3n) is 5.88. The Balaban J connectivity index is 2.05. The molecule has 2 aliphatic carbocycles. The SMILES string of the molecule is CC(C)[C@@H](C(=O)O)[NH+]1C=C2C(=O)C3=CC(C)(C)C[C@@H]3[C@](C)(O)C2=CC1. The third-order valence-corrected chi connectivity index (χ3v) is 5.88. The molecule has 3 aliphatic rings. The number of hydrogen-bond donors (Lipinski definition) is 3. The largest absolute Gasteiger partial charge is 0.477 e. The lowest BCUT2D eigenvalue weighted by molar-refractivity contribution is -0.864. The Bertz CT molecular complexity index is 724. The van der Waals surface area contributed by atoms with Gasteiger partial charge in [0.15, 0.2) is 11.8 Å². The maximum atomic E-state index is 13.1. The van der Waals surface area contributed by atoms with Crippen LogP contribution in [0.3, 0.4) is 0 Å². The van der Waals surface area contributed by atoms with Crippen LogP contribution in [-0.4, -0.2) is 40.2 Å². The highest BCUT2D eigenvalue weighted by atomic mass is 16.4. The van der Waals surface area contributed by atoms with Gasteiger partial charge in [0, 0.05) is 23.0 Å². The van der Waals surface area contributed by atoms with Crippen LogP contribution in [0.5, 0.6) is 0 Å². The summed E-state index contributed by atoms with van der Waals surface area (Å²) in [7, 11) is 0. The number of aliphatic carboxylic acids is 1. The lowest BCUT2D eigenvalue weighted by Crippen LogP contribution is -3.14. The van der Waals surface area contributed by atoms with Crippen molar-refractivity contribution in [2.75, 3.05) is 6.54 Å². The minimum absolute atomic E-state index is 0.0570. The number of carboxylic acid groups (broad SMARTS) is 1. The number of hydrogen-bond acceptors (Lipinski definition) is 3. The zero-order valence-corrected chi connectivity index (χ0v) is 15.6. The normalized spacial score (nSPS) is 34.7. The van der Waals surface area contributed by atoms with Crippen LogP contribution in [0.2, 0.25) is 0 Å². The van der Waals surface area contributed by atoms with Crippen molar-refractivity contribution in [2.45, 2.75) is 52.7 Å². The lowest BCUT2D eigenvalue weighted by Gasteiger charge is -2.42. The molecular formula is C20H28NO4+. The fourth-order valence-corrected chi connectivity index (χ4v) is 4.69. The van der Waals surface area contributed by atoms with Gasteiger partial charge in [-0.15, -0.1) is 0 Å². The smallest absolute Gasteiger partial charge is 0.363 e. The Kier molecular flexibility index (Phi) is 4.08. The van der Waals surface area contributed by atoms with Crippen molar-refractivity contribution in [1.82, 2.24) is 0 Å². The van der Waals surface area contributed by atoms with Crippen LogP contribution in [-0.2, 0) is 9.59 Å². The van der Waals surface area contributed by atoms with Crippen LogP contribution >= 0.6 is 0 Å². The van der Waals surface area contributed by atoms with Crippen molar-refractivity contribution in [2.24, 2.45) is 17.3 Å². The highest BCUT2D eigenvalue weighted by Crippen LogP contribution is 2.52. The van der Waals surface area contributed by atoms with E-state index >= 15 is 0 Å². The van der Waals surface area contributed by atoms with E-state index in [0.717, 1.165) is 11.3 Å². The molecule has 1 heterocycles. The molecule has 1 fully saturated rings. The molecule has 1 aliphatic heterocycles. The van der Waals surface area contributed by atoms with E-state index in [2.05, 4.69) is 13.8 Å². The number of aliphatic hydroxyl groups is 1. The summed E-state index contributed by atoms with van der Waals surface area (Å²) in [6.07, 6.45) is 6.32. The minimum Gasteiger partial charge on any atom is -0.477 e. The Hall–Kier alpha value is -1.72. The van der Waals surface area contributed by atoms with E-state index in [1.807, 2.05) is 26.0 Å². The summed E-state index contributed by atoms with van der Waals surface area (Å²) in [5.74, 6) is -1.18. The molecule has 0 amide bonds. The maximum absolute atomic E-state index is 13.1. The maximum Gasteiger partial charge on any atom is 0.363 e. The number of carbonyl (C=O) groups excluding carboxylic acids is 1. The van der Waals surface area contributed by atoms with Crippen molar-refractivity contribution in [3.8, 4) is 0 Å². The van der Waals surface area contributed by atoms with E-state index in [-0.39, 0.29) is 23.0 Å². The first-order chi connectivity index (χ1) is 11.5. The molecule has 5 heteroatoms. The third kappa shape index (κ3) is 2.79. The standard InChI is InChI=1S/C20H27NO4/c1-11(2)16(18(23)24)21-7-6-14-13(10-21)17(22)12-8-19(3,4)9-15(12)20(14,5)25/h6,8,10-11,15-16,25H,7,9H2,1-5H3,(H,23,24)/p+1/t15-,16-,20+/m0/s1. The molecule has 0 aromatic rings. The minimum atomic E-state index is -1.10. The Labute approximate surface area is 148 Å². The molecule has 5 nitrogen and oxygen atoms in total. The molecule has 3 N–H and O–H groups in total. The van der Waals surface area contributed by atoms with E-state index < -0.39 is 17.6 Å². The number of rotatable bonds is 3. The van der Waals surface area contributed by atoms with E-state index in [1.54, 1.807) is 13.1 Å². The fraction of sp³-hybridized carbons (Fsp3) is 0.600. The number of carbonyl (C=O) groups is 2. The molecule has 0 aromatic heterocycles. The second kappa shape index (κ2) is 5.64. The van der Waals surface area contributed by atoms with Crippen molar-refractivity contribution >= 4 is 11.8 Å². The Morgan fingerprint density at radius 3 is 2.52 bits per heavy atom. The summed E-state index contributed by atoms with van der Waals surface area (Å²) in [6.45, 7) is 10.1. The van der Waals surface area contributed by atoms with Crippen molar-refractivity contribution in [1.29, 1.82) is 0 Å². The number of ketones is 1. The first-order valence-electron chi connectivity index (χ1n) is 8.97. The van der Waals surface area contributed by atoms with Crippen LogP contribution in [0.1, 0.15) is 41.0 Å². The van der Waals surface area contributed by atoms with Gasteiger partial charge < -0.3 is 10.2 Å². The molecule has 4 atom stereocenters. The van der Waals surface area contributed by atoms with Gasteiger partial charge >= 0.3 is 5.97 Å². The number of carboxylic acids is 1. The summed E-state index contributed by atoms with van der Waals surface area (Å²) in [6, 6.07) is -0.616. The van der Waals surface area contributed by atoms with Crippen LogP contribution in [0.25, 0.3) is 0 Å². The second-order valence-electron chi connectivity index (χ2n) is 8.84. The van der Waals surface area contributed by atoms with Gasteiger partial charge in [0.1, 0.15) is 12.7 Å². The number of Topliss-reactive ketones (excluding diaryl/α,β-unsaturated/α-hetero) is 1. The van der Waals surface area contributed by atoms with Crippen molar-refractivity contribution in [3.63, 3.8) is 0 Å². The fourth-order valence-electron chi connectivity index (χ4n) is 4.69. The zero-order valence-electron chi connectivity index (χ0n) is 15.6. The van der Waals surface area contributed by atoms with E-state index in [1.165, 1.54) is 0 Å². The van der Waals surface area contributed by atoms with E-state index in [9.17, 15) is 19.8 Å². The average Bonchev–Trinajstić information content (AvgIpc) is 2.81. The van der Waals surface area contributed by atoms with Gasteiger partial charge in [-0.3, -0.25) is 9.69 Å². The van der Waals surface area contributed by atoms with Gasteiger partial charge in [-0.2, -0.15) is 0 Å². The summed E-state index contributed by atoms with van der Waals surface area (Å²) < 4.78 is 0. The molecule has 136 valence electrons. The van der Waals surface area contributed by atoms with Gasteiger partial charge in [0.25, 0.3) is 0 Å². The number of nitrogens with one attached hydrogen (secondary N) is 1. The van der Waals surface area contributed by atoms with Gasteiger partial charge in [-0.05, 0) is 24.8 Å². The van der Waals surface area contributed by atoms with Gasteiger partial charge in [-0.25, -0.2) is 4.79 Å². The lowest BCUT2D eigenvalue weighted by atomic mass is 9.67. The quantitative estimate of drug-likeness (QED) is 0.715. The Morgan fingerprint density at radius 2 is 1.96 bits per heavy atom. The van der Waals surface area contributed by atoms with Crippen molar-refractivity contribution in [3.05, 3.63) is 35.1 Å².